The van der Waals surface area contributed by atoms with Crippen molar-refractivity contribution in [3.63, 3.8) is 0 Å². The van der Waals surface area contributed by atoms with Gasteiger partial charge in [-0.15, -0.1) is 0 Å². The van der Waals surface area contributed by atoms with E-state index in [1.165, 1.54) is 12.5 Å². The van der Waals surface area contributed by atoms with Gasteiger partial charge in [0.25, 0.3) is 0 Å². The van der Waals surface area contributed by atoms with Crippen LogP contribution in [0.2, 0.25) is 0 Å². The molecule has 1 N–H and O–H groups in total. The van der Waals surface area contributed by atoms with E-state index in [1.54, 1.807) is 0 Å². The van der Waals surface area contributed by atoms with Crippen LogP contribution in [0.25, 0.3) is 0 Å². The first kappa shape index (κ1) is 19.6. The van der Waals surface area contributed by atoms with Crippen LogP contribution >= 0.6 is 0 Å². The molecule has 2 heteroatoms. The molecular formula is C17H27NO. The van der Waals surface area contributed by atoms with Gasteiger partial charge in [-0.3, -0.25) is 4.79 Å². The van der Waals surface area contributed by atoms with E-state index in [-0.39, 0.29) is 5.91 Å². The van der Waals surface area contributed by atoms with Crippen LogP contribution in [-0.2, 0) is 11.2 Å². The number of benzene rings is 1. The molecule has 0 bridgehead atoms. The number of carbonyl (C=O) groups excluding carboxylic acids is 1. The van der Waals surface area contributed by atoms with Crippen molar-refractivity contribution >= 4 is 5.91 Å². The van der Waals surface area contributed by atoms with E-state index in [0.29, 0.717) is 6.54 Å². The van der Waals surface area contributed by atoms with E-state index < -0.39 is 0 Å². The maximum Gasteiger partial charge on any atom is 0.217 e. The lowest BCUT2D eigenvalue weighted by molar-refractivity contribution is -0.118. The molecule has 0 spiro atoms. The second kappa shape index (κ2) is 14.3. The first-order valence-electron chi connectivity index (χ1n) is 7.04. The third-order valence-corrected chi connectivity index (χ3v) is 2.02. The predicted molar refractivity (Wildman–Crippen MR) is 84.1 cm³/mol. The van der Waals surface area contributed by atoms with E-state index in [2.05, 4.69) is 36.2 Å². The first-order chi connectivity index (χ1) is 9.22. The van der Waals surface area contributed by atoms with Gasteiger partial charge in [0.1, 0.15) is 0 Å². The summed E-state index contributed by atoms with van der Waals surface area (Å²) in [4.78, 5) is 10.6. The fourth-order valence-electron chi connectivity index (χ4n) is 1.14. The molecule has 1 rings (SSSR count). The number of carbonyl (C=O) groups is 1. The number of hydrogen-bond donors (Lipinski definition) is 1. The van der Waals surface area contributed by atoms with Crippen molar-refractivity contribution in [2.45, 2.75) is 48.0 Å². The standard InChI is InChI=1S/C13H15NO.2C2H6/c1-3-12-6-8-13(9-7-12)5-4-10-14-11(2)15;2*1-2/h6-9H,3,10H2,1-2H3,(H,14,15);2*1-2H3. The molecule has 0 radical (unpaired) electrons. The number of amides is 1. The normalized spacial score (nSPS) is 7.68. The predicted octanol–water partition coefficient (Wildman–Crippen LogP) is 3.79. The Balaban J connectivity index is 0. The molecule has 1 amide bonds. The lowest BCUT2D eigenvalue weighted by atomic mass is 10.1. The molecule has 1 aromatic rings. The topological polar surface area (TPSA) is 29.1 Å². The highest BCUT2D eigenvalue weighted by Gasteiger charge is 1.89. The Morgan fingerprint density at radius 3 is 2.05 bits per heavy atom. The largest absolute Gasteiger partial charge is 0.345 e. The Labute approximate surface area is 118 Å². The molecule has 0 aliphatic carbocycles. The molecule has 0 aliphatic heterocycles. The Morgan fingerprint density at radius 2 is 1.63 bits per heavy atom. The fraction of sp³-hybridized carbons (Fsp3) is 0.471. The number of nitrogens with one attached hydrogen (secondary N) is 1. The van der Waals surface area contributed by atoms with E-state index >= 15 is 0 Å². The summed E-state index contributed by atoms with van der Waals surface area (Å²) in [5.74, 6) is 5.82. The summed E-state index contributed by atoms with van der Waals surface area (Å²) in [7, 11) is 0. The Bertz CT molecular complexity index is 382. The molecule has 0 fully saturated rings. The molecule has 0 aliphatic rings. The van der Waals surface area contributed by atoms with Gasteiger partial charge in [0.2, 0.25) is 5.91 Å². The minimum atomic E-state index is -0.0503. The number of rotatable bonds is 2. The Morgan fingerprint density at radius 1 is 1.11 bits per heavy atom. The second-order valence-corrected chi connectivity index (χ2v) is 3.26. The summed E-state index contributed by atoms with van der Waals surface area (Å²) in [5.41, 5.74) is 2.29. The van der Waals surface area contributed by atoms with E-state index in [9.17, 15) is 4.79 Å². The average Bonchev–Trinajstić information content (AvgIpc) is 2.48. The molecule has 2 nitrogen and oxygen atoms in total. The second-order valence-electron chi connectivity index (χ2n) is 3.26. The minimum absolute atomic E-state index is 0.0503. The van der Waals surface area contributed by atoms with Crippen LogP contribution in [0.1, 0.15) is 52.7 Å². The summed E-state index contributed by atoms with van der Waals surface area (Å²) in [6.07, 6.45) is 1.04. The van der Waals surface area contributed by atoms with Gasteiger partial charge in [-0.2, -0.15) is 0 Å². The van der Waals surface area contributed by atoms with Crippen LogP contribution in [-0.4, -0.2) is 12.5 Å². The highest BCUT2D eigenvalue weighted by Crippen LogP contribution is 2.03. The average molecular weight is 261 g/mol. The van der Waals surface area contributed by atoms with Gasteiger partial charge in [0.15, 0.2) is 0 Å². The smallest absolute Gasteiger partial charge is 0.217 e. The number of hydrogen-bond acceptors (Lipinski definition) is 1. The zero-order chi connectivity index (χ0) is 15.1. The third kappa shape index (κ3) is 11.1. The van der Waals surface area contributed by atoms with Crippen molar-refractivity contribution in [3.8, 4) is 11.8 Å². The van der Waals surface area contributed by atoms with Crippen LogP contribution in [0.4, 0.5) is 0 Å². The molecule has 106 valence electrons. The lowest BCUT2D eigenvalue weighted by Gasteiger charge is -1.95. The summed E-state index contributed by atoms with van der Waals surface area (Å²) < 4.78 is 0. The van der Waals surface area contributed by atoms with Crippen molar-refractivity contribution in [1.82, 2.24) is 5.32 Å². The maximum atomic E-state index is 10.6. The van der Waals surface area contributed by atoms with Gasteiger partial charge in [0, 0.05) is 12.5 Å². The SMILES string of the molecule is CC.CC.CCc1ccc(C#CCNC(C)=O)cc1. The molecule has 0 unspecified atom stereocenters. The molecule has 0 aromatic heterocycles. The van der Waals surface area contributed by atoms with Gasteiger partial charge in [-0.05, 0) is 24.1 Å². The highest BCUT2D eigenvalue weighted by molar-refractivity contribution is 5.73. The van der Waals surface area contributed by atoms with Crippen molar-refractivity contribution in [1.29, 1.82) is 0 Å². The zero-order valence-corrected chi connectivity index (χ0v) is 13.1. The zero-order valence-electron chi connectivity index (χ0n) is 13.1. The van der Waals surface area contributed by atoms with Crippen molar-refractivity contribution in [3.05, 3.63) is 35.4 Å². The summed E-state index contributed by atoms with van der Waals surface area (Å²) in [6.45, 7) is 12.0. The third-order valence-electron chi connectivity index (χ3n) is 2.02. The van der Waals surface area contributed by atoms with Gasteiger partial charge >= 0.3 is 0 Å². The Hall–Kier alpha value is -1.75. The molecule has 0 heterocycles. The van der Waals surface area contributed by atoms with Gasteiger partial charge in [-0.1, -0.05) is 58.6 Å². The summed E-state index contributed by atoms with van der Waals surface area (Å²) >= 11 is 0. The van der Waals surface area contributed by atoms with Crippen LogP contribution in [0.15, 0.2) is 24.3 Å². The van der Waals surface area contributed by atoms with Crippen LogP contribution in [0.5, 0.6) is 0 Å². The summed E-state index contributed by atoms with van der Waals surface area (Å²) in [6, 6.07) is 8.14. The van der Waals surface area contributed by atoms with Crippen LogP contribution in [0.3, 0.4) is 0 Å². The van der Waals surface area contributed by atoms with E-state index in [1.807, 2.05) is 39.8 Å². The maximum absolute atomic E-state index is 10.6. The molecular weight excluding hydrogens is 234 g/mol. The van der Waals surface area contributed by atoms with Gasteiger partial charge in [0.05, 0.1) is 6.54 Å². The van der Waals surface area contributed by atoms with Crippen LogP contribution in [0, 0.1) is 11.8 Å². The molecule has 19 heavy (non-hydrogen) atoms. The van der Waals surface area contributed by atoms with Gasteiger partial charge in [-0.25, -0.2) is 0 Å². The fourth-order valence-corrected chi connectivity index (χ4v) is 1.14. The van der Waals surface area contributed by atoms with Crippen LogP contribution < -0.4 is 5.32 Å². The van der Waals surface area contributed by atoms with Crippen molar-refractivity contribution < 1.29 is 4.79 Å². The van der Waals surface area contributed by atoms with E-state index in [4.69, 9.17) is 0 Å². The number of aryl methyl sites for hydroxylation is 1. The molecule has 0 saturated heterocycles. The molecule has 1 aromatic carbocycles. The molecule has 0 atom stereocenters. The first-order valence-corrected chi connectivity index (χ1v) is 7.04. The lowest BCUT2D eigenvalue weighted by Crippen LogP contribution is -2.19. The Kier molecular flexibility index (Phi) is 14.8. The van der Waals surface area contributed by atoms with Crippen molar-refractivity contribution in [2.24, 2.45) is 0 Å². The van der Waals surface area contributed by atoms with Crippen molar-refractivity contribution in [2.75, 3.05) is 6.54 Å². The highest BCUT2D eigenvalue weighted by atomic mass is 16.1. The van der Waals surface area contributed by atoms with Gasteiger partial charge < -0.3 is 5.32 Å². The quantitative estimate of drug-likeness (QED) is 0.806. The minimum Gasteiger partial charge on any atom is -0.345 e. The monoisotopic (exact) mass is 261 g/mol. The summed E-state index contributed by atoms with van der Waals surface area (Å²) in [5, 5.41) is 2.63. The molecule has 0 saturated carbocycles. The van der Waals surface area contributed by atoms with E-state index in [0.717, 1.165) is 12.0 Å².